The molecule has 0 unspecified atom stereocenters. The van der Waals surface area contributed by atoms with Crippen molar-refractivity contribution < 1.29 is 14.7 Å². The zero-order valence-corrected chi connectivity index (χ0v) is 13.1. The van der Waals surface area contributed by atoms with Gasteiger partial charge in [-0.3, -0.25) is 14.6 Å². The number of amides is 1. The number of pyridine rings is 1. The van der Waals surface area contributed by atoms with Gasteiger partial charge in [0.25, 0.3) is 5.91 Å². The van der Waals surface area contributed by atoms with E-state index < -0.39 is 11.4 Å². The lowest BCUT2D eigenvalue weighted by molar-refractivity contribution is -0.149. The van der Waals surface area contributed by atoms with Crippen LogP contribution in [0, 0.1) is 11.3 Å². The normalized spacial score (nSPS) is 25.7. The highest BCUT2D eigenvalue weighted by atomic mass is 16.4. The van der Waals surface area contributed by atoms with Gasteiger partial charge in [-0.15, -0.1) is 0 Å². The number of fused-ring (bicyclic) bond motifs is 1. The molecule has 0 spiro atoms. The van der Waals surface area contributed by atoms with Crippen molar-refractivity contribution in [3.05, 3.63) is 42.7 Å². The summed E-state index contributed by atoms with van der Waals surface area (Å²) in [7, 11) is 0. The Morgan fingerprint density at radius 3 is 2.92 bits per heavy atom. The Kier molecular flexibility index (Phi) is 3.37. The number of likely N-dealkylation sites (tertiary alicyclic amines) is 1. The molecule has 2 fully saturated rings. The third-order valence-corrected chi connectivity index (χ3v) is 5.35. The van der Waals surface area contributed by atoms with E-state index in [1.807, 2.05) is 0 Å². The number of aliphatic carboxylic acids is 1. The SMILES string of the molecule is O=C(c1cc(-n2ccnc2)ccn1)N1C[C@@H]2CCC[C@@]2(C(=O)O)C1. The third-order valence-electron chi connectivity index (χ3n) is 5.35. The van der Waals surface area contributed by atoms with Gasteiger partial charge in [0.2, 0.25) is 0 Å². The van der Waals surface area contributed by atoms with E-state index in [0.29, 0.717) is 18.7 Å². The van der Waals surface area contributed by atoms with Crippen molar-refractivity contribution in [1.82, 2.24) is 19.4 Å². The van der Waals surface area contributed by atoms with E-state index in [1.54, 1.807) is 46.5 Å². The summed E-state index contributed by atoms with van der Waals surface area (Å²) < 4.78 is 1.80. The van der Waals surface area contributed by atoms with E-state index in [0.717, 1.165) is 18.5 Å². The number of aromatic nitrogens is 3. The predicted molar refractivity (Wildman–Crippen MR) is 84.7 cm³/mol. The first-order valence-corrected chi connectivity index (χ1v) is 8.07. The van der Waals surface area contributed by atoms with Crippen LogP contribution in [0.4, 0.5) is 0 Å². The molecular formula is C17H18N4O3. The van der Waals surface area contributed by atoms with Crippen LogP contribution in [0.3, 0.4) is 0 Å². The van der Waals surface area contributed by atoms with Crippen LogP contribution >= 0.6 is 0 Å². The molecule has 7 nitrogen and oxygen atoms in total. The summed E-state index contributed by atoms with van der Waals surface area (Å²) in [5.74, 6) is -0.928. The quantitative estimate of drug-likeness (QED) is 0.925. The van der Waals surface area contributed by atoms with E-state index in [2.05, 4.69) is 9.97 Å². The number of rotatable bonds is 3. The first kappa shape index (κ1) is 14.9. The first-order valence-electron chi connectivity index (χ1n) is 8.07. The number of hydrogen-bond acceptors (Lipinski definition) is 4. The predicted octanol–water partition coefficient (Wildman–Crippen LogP) is 1.59. The summed E-state index contributed by atoms with van der Waals surface area (Å²) in [6.07, 6.45) is 9.16. The number of nitrogens with zero attached hydrogens (tertiary/aromatic N) is 4. The van der Waals surface area contributed by atoms with Gasteiger partial charge in [0.15, 0.2) is 0 Å². The Morgan fingerprint density at radius 2 is 2.21 bits per heavy atom. The molecular weight excluding hydrogens is 308 g/mol. The molecule has 0 radical (unpaired) electrons. The number of carbonyl (C=O) groups is 2. The van der Waals surface area contributed by atoms with Crippen molar-refractivity contribution in [1.29, 1.82) is 0 Å². The molecule has 3 heterocycles. The molecule has 24 heavy (non-hydrogen) atoms. The lowest BCUT2D eigenvalue weighted by Gasteiger charge is -2.23. The maximum atomic E-state index is 12.8. The molecule has 2 aromatic rings. The topological polar surface area (TPSA) is 88.3 Å². The molecule has 124 valence electrons. The van der Waals surface area contributed by atoms with Crippen LogP contribution in [0.15, 0.2) is 37.1 Å². The Morgan fingerprint density at radius 1 is 1.33 bits per heavy atom. The van der Waals surface area contributed by atoms with Gasteiger partial charge in [-0.2, -0.15) is 0 Å². The van der Waals surface area contributed by atoms with Crippen LogP contribution in [-0.4, -0.2) is 49.5 Å². The van der Waals surface area contributed by atoms with E-state index in [9.17, 15) is 14.7 Å². The Hall–Kier alpha value is -2.70. The molecule has 1 amide bonds. The van der Waals surface area contributed by atoms with Gasteiger partial charge in [-0.1, -0.05) is 6.42 Å². The minimum absolute atomic E-state index is 0.0516. The zero-order chi connectivity index (χ0) is 16.7. The molecule has 1 aliphatic carbocycles. The second kappa shape index (κ2) is 5.43. The molecule has 1 saturated heterocycles. The van der Waals surface area contributed by atoms with Crippen molar-refractivity contribution in [2.75, 3.05) is 13.1 Å². The highest BCUT2D eigenvalue weighted by Gasteiger charge is 2.55. The maximum Gasteiger partial charge on any atom is 0.311 e. The number of carboxylic acid groups (broad SMARTS) is 1. The standard InChI is InChI=1S/C17H18N4O3/c22-15(14-8-13(3-5-19-14)20-7-6-18-11-20)21-9-12-2-1-4-17(12,10-21)16(23)24/h3,5-8,11-12H,1-2,4,9-10H2,(H,23,24)/t12-,17+/m0/s1. The van der Waals surface area contributed by atoms with Crippen molar-refractivity contribution in [3.63, 3.8) is 0 Å². The van der Waals surface area contributed by atoms with Crippen LogP contribution in [0.25, 0.3) is 5.69 Å². The van der Waals surface area contributed by atoms with E-state index >= 15 is 0 Å². The number of imidazole rings is 1. The third kappa shape index (κ3) is 2.19. The molecule has 1 N–H and O–H groups in total. The summed E-state index contributed by atoms with van der Waals surface area (Å²) in [4.78, 5) is 34.4. The summed E-state index contributed by atoms with van der Waals surface area (Å²) in [5.41, 5.74) is 0.373. The molecule has 2 aromatic heterocycles. The van der Waals surface area contributed by atoms with E-state index in [1.165, 1.54) is 0 Å². The van der Waals surface area contributed by atoms with Crippen LogP contribution < -0.4 is 0 Å². The molecule has 7 heteroatoms. The smallest absolute Gasteiger partial charge is 0.311 e. The average Bonchev–Trinajstić information content (AvgIpc) is 3.29. The zero-order valence-electron chi connectivity index (χ0n) is 13.1. The lowest BCUT2D eigenvalue weighted by atomic mass is 9.81. The Bertz CT molecular complexity index is 789. The molecule has 1 saturated carbocycles. The van der Waals surface area contributed by atoms with E-state index in [-0.39, 0.29) is 18.4 Å². The number of carbonyl (C=O) groups excluding carboxylic acids is 1. The summed E-state index contributed by atoms with van der Waals surface area (Å²) in [6.45, 7) is 0.783. The fourth-order valence-corrected chi connectivity index (χ4v) is 4.06. The minimum atomic E-state index is -0.777. The van der Waals surface area contributed by atoms with Crippen molar-refractivity contribution in [2.45, 2.75) is 19.3 Å². The van der Waals surface area contributed by atoms with Crippen LogP contribution in [-0.2, 0) is 4.79 Å². The average molecular weight is 326 g/mol. The van der Waals surface area contributed by atoms with Gasteiger partial charge in [0.1, 0.15) is 5.69 Å². The molecule has 0 aromatic carbocycles. The Balaban J connectivity index is 1.59. The van der Waals surface area contributed by atoms with Gasteiger partial charge in [-0.25, -0.2) is 4.98 Å². The van der Waals surface area contributed by atoms with Crippen molar-refractivity contribution in [3.8, 4) is 5.69 Å². The van der Waals surface area contributed by atoms with Gasteiger partial charge < -0.3 is 14.6 Å². The molecule has 4 rings (SSSR count). The second-order valence-corrected chi connectivity index (χ2v) is 6.61. The lowest BCUT2D eigenvalue weighted by Crippen LogP contribution is -2.37. The minimum Gasteiger partial charge on any atom is -0.481 e. The van der Waals surface area contributed by atoms with Crippen LogP contribution in [0.1, 0.15) is 29.8 Å². The molecule has 2 aliphatic rings. The Labute approximate surface area is 138 Å². The molecule has 1 aliphatic heterocycles. The van der Waals surface area contributed by atoms with Gasteiger partial charge >= 0.3 is 5.97 Å². The second-order valence-electron chi connectivity index (χ2n) is 6.61. The summed E-state index contributed by atoms with van der Waals surface area (Å²) >= 11 is 0. The van der Waals surface area contributed by atoms with Gasteiger partial charge in [0.05, 0.1) is 17.4 Å². The first-order chi connectivity index (χ1) is 11.6. The van der Waals surface area contributed by atoms with Crippen LogP contribution in [0.2, 0.25) is 0 Å². The number of carboxylic acids is 1. The van der Waals surface area contributed by atoms with Crippen LogP contribution in [0.5, 0.6) is 0 Å². The monoisotopic (exact) mass is 326 g/mol. The fourth-order valence-electron chi connectivity index (χ4n) is 4.06. The van der Waals surface area contributed by atoms with Crippen molar-refractivity contribution in [2.24, 2.45) is 11.3 Å². The fraction of sp³-hybridized carbons (Fsp3) is 0.412. The maximum absolute atomic E-state index is 12.8. The molecule has 2 atom stereocenters. The largest absolute Gasteiger partial charge is 0.481 e. The van der Waals surface area contributed by atoms with E-state index in [4.69, 9.17) is 0 Å². The highest BCUT2D eigenvalue weighted by Crippen LogP contribution is 2.49. The number of hydrogen-bond donors (Lipinski definition) is 1. The van der Waals surface area contributed by atoms with Gasteiger partial charge in [-0.05, 0) is 30.9 Å². The molecule has 0 bridgehead atoms. The summed E-state index contributed by atoms with van der Waals surface area (Å²) in [6, 6.07) is 3.52. The highest BCUT2D eigenvalue weighted by molar-refractivity contribution is 5.94. The van der Waals surface area contributed by atoms with Gasteiger partial charge in [0, 0.05) is 31.7 Å². The van der Waals surface area contributed by atoms with Crippen molar-refractivity contribution >= 4 is 11.9 Å². The summed E-state index contributed by atoms with van der Waals surface area (Å²) in [5, 5.41) is 9.65.